The van der Waals surface area contributed by atoms with Gasteiger partial charge in [0.05, 0.1) is 30.8 Å². The van der Waals surface area contributed by atoms with Gasteiger partial charge in [0.2, 0.25) is 5.82 Å². The molecule has 1 aromatic carbocycles. The van der Waals surface area contributed by atoms with Crippen LogP contribution in [-0.2, 0) is 10.9 Å². The second kappa shape index (κ2) is 11.6. The Kier molecular flexibility index (Phi) is 7.69. The number of nitrogens with one attached hydrogen (secondary N) is 2. The van der Waals surface area contributed by atoms with Crippen LogP contribution in [0, 0.1) is 0 Å². The fraction of sp³-hybridized carbons (Fsp3) is 0.500. The van der Waals surface area contributed by atoms with Gasteiger partial charge < -0.3 is 24.7 Å². The van der Waals surface area contributed by atoms with Crippen molar-refractivity contribution >= 4 is 23.5 Å². The highest BCUT2D eigenvalue weighted by molar-refractivity contribution is 5.90. The lowest BCUT2D eigenvalue weighted by Gasteiger charge is -2.40. The molecule has 1 saturated carbocycles. The van der Waals surface area contributed by atoms with Gasteiger partial charge in [0.25, 0.3) is 6.01 Å². The van der Waals surface area contributed by atoms with Crippen LogP contribution in [-0.4, -0.2) is 65.4 Å². The summed E-state index contributed by atoms with van der Waals surface area (Å²) in [4.78, 5) is 27.1. The third kappa shape index (κ3) is 6.24. The largest absolute Gasteiger partial charge is 0.451 e. The first-order valence-electron chi connectivity index (χ1n) is 14.0. The van der Waals surface area contributed by atoms with E-state index in [1.165, 1.54) is 12.4 Å². The summed E-state index contributed by atoms with van der Waals surface area (Å²) in [5.74, 6) is -0.522. The molecular weight excluding hydrogens is 539 g/mol. The van der Waals surface area contributed by atoms with Crippen LogP contribution in [0.5, 0.6) is 0 Å². The summed E-state index contributed by atoms with van der Waals surface area (Å²) in [6.07, 6.45) is 5.36. The van der Waals surface area contributed by atoms with Crippen molar-refractivity contribution in [2.24, 2.45) is 0 Å². The topological polar surface area (TPSA) is 109 Å². The number of oxazole rings is 1. The van der Waals surface area contributed by atoms with Gasteiger partial charge in [-0.15, -0.1) is 0 Å². The Hall–Kier alpha value is -3.87. The van der Waals surface area contributed by atoms with Crippen LogP contribution in [0.15, 0.2) is 47.3 Å². The minimum atomic E-state index is -4.55. The van der Waals surface area contributed by atoms with E-state index in [1.807, 2.05) is 29.2 Å². The normalized spacial score (nSPS) is 23.5. The van der Waals surface area contributed by atoms with Gasteiger partial charge in [-0.05, 0) is 37.8 Å². The predicted octanol–water partition coefficient (Wildman–Crippen LogP) is 5.09. The first kappa shape index (κ1) is 27.3. The summed E-state index contributed by atoms with van der Waals surface area (Å²) in [6.45, 7) is 2.30. The van der Waals surface area contributed by atoms with Crippen LogP contribution in [0.3, 0.4) is 0 Å². The zero-order valence-corrected chi connectivity index (χ0v) is 22.4. The molecule has 0 spiro atoms. The number of hydrogen-bond acceptors (Lipinski definition) is 9. The summed E-state index contributed by atoms with van der Waals surface area (Å²) < 4.78 is 49.7. The molecule has 6 rings (SSSR count). The van der Waals surface area contributed by atoms with Crippen LogP contribution in [0.1, 0.15) is 44.3 Å². The number of hydrogen-bond donors (Lipinski definition) is 2. The molecule has 1 amide bonds. The standard InChI is InChI=1S/C28H32F3N7O3/c29-28(30,31)25-32-14-21(15-33-25)37-10-4-6-19(17-37)35-22-8-1-2-9-23(22)36-26-34-16-24(41-26)18-5-3-7-20(13-18)38-11-12-40-27(38)39/h3,5,7,13-16,19,22-23,35H,1-2,4,6,8-12,17H2,(H,34,36). The van der Waals surface area contributed by atoms with E-state index in [9.17, 15) is 18.0 Å². The van der Waals surface area contributed by atoms with Crippen LogP contribution in [0.25, 0.3) is 11.3 Å². The molecule has 3 aromatic rings. The summed E-state index contributed by atoms with van der Waals surface area (Å²) in [5.41, 5.74) is 2.16. The van der Waals surface area contributed by atoms with Gasteiger partial charge in [-0.2, -0.15) is 13.2 Å². The number of rotatable bonds is 7. The average Bonchev–Trinajstić information content (AvgIpc) is 3.63. The van der Waals surface area contributed by atoms with Crippen molar-refractivity contribution < 1.29 is 27.1 Å². The van der Waals surface area contributed by atoms with Crippen LogP contribution in [0.4, 0.5) is 35.4 Å². The number of carbonyl (C=O) groups excluding carboxylic acids is 1. The minimum Gasteiger partial charge on any atom is -0.447 e. The van der Waals surface area contributed by atoms with E-state index in [1.54, 1.807) is 11.1 Å². The highest BCUT2D eigenvalue weighted by atomic mass is 19.4. The number of nitrogens with zero attached hydrogens (tertiary/aromatic N) is 5. The number of halogens is 3. The maximum absolute atomic E-state index is 12.9. The van der Waals surface area contributed by atoms with E-state index < -0.39 is 12.0 Å². The van der Waals surface area contributed by atoms with Crippen molar-refractivity contribution in [3.8, 4) is 11.3 Å². The van der Waals surface area contributed by atoms with Gasteiger partial charge >= 0.3 is 12.3 Å². The molecule has 0 bridgehead atoms. The first-order chi connectivity index (χ1) is 19.8. The number of cyclic esters (lactones) is 1. The van der Waals surface area contributed by atoms with Gasteiger partial charge in [0.1, 0.15) is 6.61 Å². The second-order valence-corrected chi connectivity index (χ2v) is 10.7. The Bertz CT molecular complexity index is 1350. The molecule has 3 fully saturated rings. The first-order valence-corrected chi connectivity index (χ1v) is 14.0. The lowest BCUT2D eigenvalue weighted by atomic mass is 9.89. The lowest BCUT2D eigenvalue weighted by molar-refractivity contribution is -0.145. The molecular formula is C28H32F3N7O3. The molecule has 3 atom stereocenters. The van der Waals surface area contributed by atoms with E-state index in [2.05, 4.69) is 25.6 Å². The molecule has 13 heteroatoms. The molecule has 218 valence electrons. The van der Waals surface area contributed by atoms with E-state index in [4.69, 9.17) is 9.15 Å². The average molecular weight is 572 g/mol. The van der Waals surface area contributed by atoms with E-state index in [-0.39, 0.29) is 24.2 Å². The Morgan fingerprint density at radius 2 is 1.73 bits per heavy atom. The lowest BCUT2D eigenvalue weighted by Crippen LogP contribution is -2.55. The van der Waals surface area contributed by atoms with Crippen LogP contribution in [0.2, 0.25) is 0 Å². The summed E-state index contributed by atoms with van der Waals surface area (Å²) in [6, 6.07) is 8.46. The highest BCUT2D eigenvalue weighted by Gasteiger charge is 2.35. The maximum atomic E-state index is 12.9. The monoisotopic (exact) mass is 571 g/mol. The number of aromatic nitrogens is 3. The molecule has 2 aliphatic heterocycles. The van der Waals surface area contributed by atoms with E-state index in [0.717, 1.165) is 56.3 Å². The number of anilines is 3. The van der Waals surface area contributed by atoms with Crippen molar-refractivity contribution in [1.82, 2.24) is 20.3 Å². The zero-order chi connectivity index (χ0) is 28.4. The number of benzene rings is 1. The molecule has 3 unspecified atom stereocenters. The molecule has 0 radical (unpaired) electrons. The van der Waals surface area contributed by atoms with E-state index >= 15 is 0 Å². The molecule has 2 N–H and O–H groups in total. The van der Waals surface area contributed by atoms with Gasteiger partial charge in [-0.1, -0.05) is 25.0 Å². The van der Waals surface area contributed by atoms with Crippen LogP contribution < -0.4 is 20.4 Å². The maximum Gasteiger partial charge on any atom is 0.451 e. The molecule has 4 heterocycles. The van der Waals surface area contributed by atoms with Crippen molar-refractivity contribution in [3.05, 3.63) is 48.7 Å². The third-order valence-corrected chi connectivity index (χ3v) is 7.91. The van der Waals surface area contributed by atoms with Gasteiger partial charge in [-0.3, -0.25) is 4.90 Å². The molecule has 2 aromatic heterocycles. The SMILES string of the molecule is O=C1OCCN1c1cccc(-c2cnc(NC3CCCCC3NC3CCCN(c4cnc(C(F)(F)F)nc4)C3)o2)c1. The number of carbonyl (C=O) groups is 1. The summed E-state index contributed by atoms with van der Waals surface area (Å²) >= 11 is 0. The smallest absolute Gasteiger partial charge is 0.447 e. The Morgan fingerprint density at radius 1 is 0.927 bits per heavy atom. The number of alkyl halides is 3. The van der Waals surface area contributed by atoms with Crippen LogP contribution >= 0.6 is 0 Å². The van der Waals surface area contributed by atoms with Crippen molar-refractivity contribution in [1.29, 1.82) is 0 Å². The quantitative estimate of drug-likeness (QED) is 0.401. The number of amides is 1. The Labute approximate surface area is 235 Å². The third-order valence-electron chi connectivity index (χ3n) is 7.91. The molecule has 2 saturated heterocycles. The minimum absolute atomic E-state index is 0.116. The fourth-order valence-corrected chi connectivity index (χ4v) is 5.87. The molecule has 41 heavy (non-hydrogen) atoms. The summed E-state index contributed by atoms with van der Waals surface area (Å²) in [5, 5.41) is 7.29. The molecule has 3 aliphatic rings. The Balaban J connectivity index is 1.09. The highest BCUT2D eigenvalue weighted by Crippen LogP contribution is 2.31. The summed E-state index contributed by atoms with van der Waals surface area (Å²) in [7, 11) is 0. The predicted molar refractivity (Wildman–Crippen MR) is 146 cm³/mol. The second-order valence-electron chi connectivity index (χ2n) is 10.7. The van der Waals surface area contributed by atoms with Crippen molar-refractivity contribution in [3.63, 3.8) is 0 Å². The van der Waals surface area contributed by atoms with Crippen molar-refractivity contribution in [2.75, 3.05) is 41.4 Å². The Morgan fingerprint density at radius 3 is 2.49 bits per heavy atom. The van der Waals surface area contributed by atoms with Gasteiger partial charge in [-0.25, -0.2) is 19.7 Å². The fourth-order valence-electron chi connectivity index (χ4n) is 5.87. The van der Waals surface area contributed by atoms with Crippen molar-refractivity contribution in [2.45, 2.75) is 62.8 Å². The molecule has 10 nitrogen and oxygen atoms in total. The van der Waals surface area contributed by atoms with E-state index in [0.29, 0.717) is 37.2 Å². The van der Waals surface area contributed by atoms with Gasteiger partial charge in [0.15, 0.2) is 5.76 Å². The molecule has 1 aliphatic carbocycles. The zero-order valence-electron chi connectivity index (χ0n) is 22.4. The van der Waals surface area contributed by atoms with Gasteiger partial charge in [0, 0.05) is 42.5 Å². The number of ether oxygens (including phenoxy) is 1. The number of piperidine rings is 1.